The summed E-state index contributed by atoms with van der Waals surface area (Å²) in [4.78, 5) is 28.1. The molecule has 0 radical (unpaired) electrons. The van der Waals surface area contributed by atoms with Gasteiger partial charge in [0.25, 0.3) is 11.8 Å². The number of imide groups is 1. The van der Waals surface area contributed by atoms with Gasteiger partial charge in [-0.1, -0.05) is 23.7 Å². The first kappa shape index (κ1) is 18.4. The van der Waals surface area contributed by atoms with Crippen LogP contribution >= 0.6 is 11.6 Å². The lowest BCUT2D eigenvalue weighted by Gasteiger charge is -2.19. The van der Waals surface area contributed by atoms with Crippen LogP contribution in [0.3, 0.4) is 0 Å². The Bertz CT molecular complexity index is 757. The summed E-state index contributed by atoms with van der Waals surface area (Å²) in [6.07, 6.45) is 0.725. The monoisotopic (exact) mass is 372 g/mol. The van der Waals surface area contributed by atoms with Crippen LogP contribution in [0.2, 0.25) is 5.02 Å². The molecule has 26 heavy (non-hydrogen) atoms. The smallest absolute Gasteiger partial charge is 0.261 e. The molecule has 0 saturated heterocycles. The first-order valence-corrected chi connectivity index (χ1v) is 8.96. The zero-order valence-corrected chi connectivity index (χ0v) is 15.4. The van der Waals surface area contributed by atoms with Gasteiger partial charge >= 0.3 is 0 Å². The number of likely N-dealkylation sites (N-methyl/N-ethyl adjacent to an activating group) is 1. The Morgan fingerprint density at radius 3 is 2.19 bits per heavy atom. The summed E-state index contributed by atoms with van der Waals surface area (Å²) in [7, 11) is 1.99. The lowest BCUT2D eigenvalue weighted by Crippen LogP contribution is -2.33. The van der Waals surface area contributed by atoms with E-state index in [4.69, 9.17) is 16.3 Å². The third-order valence-electron chi connectivity index (χ3n) is 4.36. The Hall–Kier alpha value is -2.37. The maximum atomic E-state index is 12.3. The van der Waals surface area contributed by atoms with E-state index in [9.17, 15) is 9.59 Å². The molecule has 6 heteroatoms. The fourth-order valence-electron chi connectivity index (χ4n) is 2.90. The second-order valence-electron chi connectivity index (χ2n) is 6.27. The van der Waals surface area contributed by atoms with Crippen LogP contribution in [0.4, 0.5) is 0 Å². The number of benzene rings is 2. The summed E-state index contributed by atoms with van der Waals surface area (Å²) in [5.41, 5.74) is 1.00. The summed E-state index contributed by atoms with van der Waals surface area (Å²) in [6, 6.07) is 14.2. The first-order chi connectivity index (χ1) is 12.6. The highest BCUT2D eigenvalue weighted by Crippen LogP contribution is 2.22. The minimum atomic E-state index is -0.195. The zero-order chi connectivity index (χ0) is 18.5. The van der Waals surface area contributed by atoms with E-state index in [0.29, 0.717) is 29.3 Å². The third-order valence-corrected chi connectivity index (χ3v) is 4.61. The maximum absolute atomic E-state index is 12.3. The Balaban J connectivity index is 1.39. The topological polar surface area (TPSA) is 49.9 Å². The summed E-state index contributed by atoms with van der Waals surface area (Å²) < 4.78 is 5.67. The molecule has 0 aliphatic carbocycles. The molecule has 2 aromatic rings. The van der Waals surface area contributed by atoms with E-state index in [1.54, 1.807) is 36.4 Å². The van der Waals surface area contributed by atoms with Crippen LogP contribution < -0.4 is 4.74 Å². The molecule has 2 aromatic carbocycles. The van der Waals surface area contributed by atoms with Crippen LogP contribution in [-0.4, -0.2) is 54.9 Å². The van der Waals surface area contributed by atoms with Crippen molar-refractivity contribution in [1.82, 2.24) is 9.80 Å². The van der Waals surface area contributed by atoms with Crippen molar-refractivity contribution >= 4 is 23.4 Å². The van der Waals surface area contributed by atoms with Gasteiger partial charge in [-0.2, -0.15) is 0 Å². The van der Waals surface area contributed by atoms with Crippen molar-refractivity contribution in [2.75, 3.05) is 33.3 Å². The molecule has 5 nitrogen and oxygen atoms in total. The quantitative estimate of drug-likeness (QED) is 0.667. The number of halogens is 1. The SMILES string of the molecule is CN(CCCN1C(=O)c2ccccc2C1=O)CCOc1ccc(Cl)cc1. The normalized spacial score (nSPS) is 13.4. The van der Waals surface area contributed by atoms with Gasteiger partial charge < -0.3 is 9.64 Å². The number of carbonyl (C=O) groups is 2. The molecule has 1 heterocycles. The maximum Gasteiger partial charge on any atom is 0.261 e. The van der Waals surface area contributed by atoms with E-state index >= 15 is 0 Å². The molecule has 3 rings (SSSR count). The van der Waals surface area contributed by atoms with Crippen LogP contribution in [-0.2, 0) is 0 Å². The van der Waals surface area contributed by atoms with Crippen molar-refractivity contribution in [2.45, 2.75) is 6.42 Å². The number of hydrogen-bond acceptors (Lipinski definition) is 4. The second-order valence-corrected chi connectivity index (χ2v) is 6.70. The highest BCUT2D eigenvalue weighted by atomic mass is 35.5. The number of ether oxygens (including phenoxy) is 1. The number of fused-ring (bicyclic) bond motifs is 1. The highest BCUT2D eigenvalue weighted by Gasteiger charge is 2.34. The molecule has 136 valence electrons. The van der Waals surface area contributed by atoms with E-state index in [-0.39, 0.29) is 11.8 Å². The van der Waals surface area contributed by atoms with Gasteiger partial charge in [0.15, 0.2) is 0 Å². The molecular formula is C20H21ClN2O3. The van der Waals surface area contributed by atoms with Crippen LogP contribution in [0.1, 0.15) is 27.1 Å². The standard InChI is InChI=1S/C20H21ClN2O3/c1-22(13-14-26-16-9-7-15(21)8-10-16)11-4-12-23-19(24)17-5-2-3-6-18(17)20(23)25/h2-3,5-10H,4,11-14H2,1H3. The van der Waals surface area contributed by atoms with Crippen molar-refractivity contribution in [3.05, 3.63) is 64.7 Å². The molecule has 0 N–H and O–H groups in total. The summed E-state index contributed by atoms with van der Waals surface area (Å²) in [5.74, 6) is 0.396. The van der Waals surface area contributed by atoms with E-state index in [2.05, 4.69) is 4.90 Å². The van der Waals surface area contributed by atoms with E-state index in [1.807, 2.05) is 19.2 Å². The van der Waals surface area contributed by atoms with Crippen LogP contribution in [0, 0.1) is 0 Å². The van der Waals surface area contributed by atoms with Gasteiger partial charge in [0, 0.05) is 18.1 Å². The number of amides is 2. The van der Waals surface area contributed by atoms with Gasteiger partial charge in [0.05, 0.1) is 11.1 Å². The highest BCUT2D eigenvalue weighted by molar-refractivity contribution is 6.30. The van der Waals surface area contributed by atoms with Gasteiger partial charge in [-0.3, -0.25) is 14.5 Å². The van der Waals surface area contributed by atoms with Gasteiger partial charge in [0.1, 0.15) is 12.4 Å². The largest absolute Gasteiger partial charge is 0.492 e. The third kappa shape index (κ3) is 4.23. The van der Waals surface area contributed by atoms with Crippen molar-refractivity contribution in [1.29, 1.82) is 0 Å². The zero-order valence-electron chi connectivity index (χ0n) is 14.7. The fraction of sp³-hybridized carbons (Fsp3) is 0.300. The Labute approximate surface area is 158 Å². The lowest BCUT2D eigenvalue weighted by molar-refractivity contribution is 0.0647. The van der Waals surface area contributed by atoms with Gasteiger partial charge in [0.2, 0.25) is 0 Å². The van der Waals surface area contributed by atoms with Crippen molar-refractivity contribution in [2.24, 2.45) is 0 Å². The fourth-order valence-corrected chi connectivity index (χ4v) is 3.03. The summed E-state index contributed by atoms with van der Waals surface area (Å²) in [5, 5.41) is 0.683. The molecule has 0 unspecified atom stereocenters. The molecule has 1 aliphatic rings. The number of rotatable bonds is 8. The summed E-state index contributed by atoms with van der Waals surface area (Å²) >= 11 is 5.84. The van der Waals surface area contributed by atoms with Gasteiger partial charge in [-0.05, 0) is 56.4 Å². The summed E-state index contributed by atoms with van der Waals surface area (Å²) in [6.45, 7) is 2.52. The molecule has 0 bridgehead atoms. The van der Waals surface area contributed by atoms with E-state index in [1.165, 1.54) is 4.90 Å². The van der Waals surface area contributed by atoms with Crippen LogP contribution in [0.15, 0.2) is 48.5 Å². The van der Waals surface area contributed by atoms with Crippen LogP contribution in [0.25, 0.3) is 0 Å². The average molecular weight is 373 g/mol. The molecule has 0 aromatic heterocycles. The first-order valence-electron chi connectivity index (χ1n) is 8.58. The lowest BCUT2D eigenvalue weighted by atomic mass is 10.1. The number of carbonyl (C=O) groups excluding carboxylic acids is 2. The van der Waals surface area contributed by atoms with E-state index < -0.39 is 0 Å². The molecule has 0 saturated carbocycles. The number of nitrogens with zero attached hydrogens (tertiary/aromatic N) is 2. The number of hydrogen-bond donors (Lipinski definition) is 0. The second kappa shape index (κ2) is 8.34. The minimum Gasteiger partial charge on any atom is -0.492 e. The minimum absolute atomic E-state index is 0.195. The van der Waals surface area contributed by atoms with Crippen molar-refractivity contribution in [3.63, 3.8) is 0 Å². The molecular weight excluding hydrogens is 352 g/mol. The van der Waals surface area contributed by atoms with Crippen molar-refractivity contribution in [3.8, 4) is 5.75 Å². The average Bonchev–Trinajstić information content (AvgIpc) is 2.89. The van der Waals surface area contributed by atoms with Gasteiger partial charge in [-0.15, -0.1) is 0 Å². The molecule has 1 aliphatic heterocycles. The van der Waals surface area contributed by atoms with Crippen LogP contribution in [0.5, 0.6) is 5.75 Å². The van der Waals surface area contributed by atoms with E-state index in [0.717, 1.165) is 25.3 Å². The molecule has 0 spiro atoms. The van der Waals surface area contributed by atoms with Gasteiger partial charge in [-0.25, -0.2) is 0 Å². The predicted octanol–water partition coefficient (Wildman–Crippen LogP) is 3.34. The Morgan fingerprint density at radius 1 is 0.962 bits per heavy atom. The molecule has 2 amide bonds. The molecule has 0 atom stereocenters. The Kier molecular flexibility index (Phi) is 5.91. The predicted molar refractivity (Wildman–Crippen MR) is 101 cm³/mol. The van der Waals surface area contributed by atoms with Crippen molar-refractivity contribution < 1.29 is 14.3 Å². The Morgan fingerprint density at radius 2 is 1.58 bits per heavy atom. The molecule has 0 fully saturated rings.